The van der Waals surface area contributed by atoms with Gasteiger partial charge in [-0.3, -0.25) is 4.79 Å². The fourth-order valence-corrected chi connectivity index (χ4v) is 2.98. The van der Waals surface area contributed by atoms with Crippen LogP contribution in [-0.4, -0.2) is 33.4 Å². The van der Waals surface area contributed by atoms with Crippen LogP contribution in [0.2, 0.25) is 0 Å². The molecule has 0 aliphatic rings. The first kappa shape index (κ1) is 20.0. The maximum atomic E-state index is 14.5. The Hall–Kier alpha value is -4.27. The van der Waals surface area contributed by atoms with E-state index in [2.05, 4.69) is 15.6 Å². The normalized spacial score (nSPS) is 10.6. The van der Waals surface area contributed by atoms with E-state index in [4.69, 9.17) is 9.26 Å². The van der Waals surface area contributed by atoms with Gasteiger partial charge in [-0.2, -0.15) is 5.10 Å². The predicted molar refractivity (Wildman–Crippen MR) is 109 cm³/mol. The Labute approximate surface area is 176 Å². The summed E-state index contributed by atoms with van der Waals surface area (Å²) in [6.45, 7) is 1.87. The molecule has 156 valence electrons. The van der Waals surface area contributed by atoms with Crippen LogP contribution in [0.25, 0.3) is 16.9 Å². The molecule has 4 aromatic rings. The summed E-state index contributed by atoms with van der Waals surface area (Å²) in [5, 5.41) is 10.5. The van der Waals surface area contributed by atoms with Gasteiger partial charge in [-0.1, -0.05) is 29.4 Å². The Morgan fingerprint density at radius 2 is 1.97 bits per heavy atom. The van der Waals surface area contributed by atoms with Crippen LogP contribution < -0.4 is 5.32 Å². The van der Waals surface area contributed by atoms with Gasteiger partial charge in [0.1, 0.15) is 11.5 Å². The van der Waals surface area contributed by atoms with Gasteiger partial charge in [0.25, 0.3) is 5.91 Å². The van der Waals surface area contributed by atoms with Crippen LogP contribution in [0.15, 0.2) is 71.4 Å². The molecule has 0 aliphatic carbocycles. The number of nitrogens with zero attached hydrogens (tertiary/aromatic N) is 3. The zero-order valence-electron chi connectivity index (χ0n) is 16.4. The van der Waals surface area contributed by atoms with Crippen molar-refractivity contribution in [2.45, 2.75) is 6.92 Å². The van der Waals surface area contributed by atoms with Crippen molar-refractivity contribution in [3.8, 4) is 16.9 Å². The quantitative estimate of drug-likeness (QED) is 0.472. The minimum absolute atomic E-state index is 0.0381. The molecular formula is C22H17FN4O4. The number of halogens is 1. The van der Waals surface area contributed by atoms with E-state index < -0.39 is 17.7 Å². The molecule has 4 rings (SSSR count). The Bertz CT molecular complexity index is 1230. The maximum Gasteiger partial charge on any atom is 0.358 e. The summed E-state index contributed by atoms with van der Waals surface area (Å²) in [5.41, 5.74) is 1.73. The Kier molecular flexibility index (Phi) is 5.57. The van der Waals surface area contributed by atoms with E-state index in [1.165, 1.54) is 29.1 Å². The Balaban J connectivity index is 1.75. The molecule has 0 spiro atoms. The molecule has 0 fully saturated rings. The van der Waals surface area contributed by atoms with E-state index in [9.17, 15) is 14.0 Å². The Morgan fingerprint density at radius 1 is 1.13 bits per heavy atom. The SMILES string of the molecule is CCOC(=O)c1cc(-c2cccc(NC(=O)c3ccno3)c2)n(-c2ccccc2F)n1. The number of esters is 1. The molecule has 1 N–H and O–H groups in total. The average molecular weight is 420 g/mol. The van der Waals surface area contributed by atoms with E-state index in [-0.39, 0.29) is 23.7 Å². The first-order valence-corrected chi connectivity index (χ1v) is 9.41. The number of hydrogen-bond acceptors (Lipinski definition) is 6. The fraction of sp³-hybridized carbons (Fsp3) is 0.0909. The first-order valence-electron chi connectivity index (χ1n) is 9.41. The molecule has 0 bridgehead atoms. The van der Waals surface area contributed by atoms with Crippen LogP contribution in [-0.2, 0) is 4.74 Å². The highest BCUT2D eigenvalue weighted by Gasteiger charge is 2.20. The first-order chi connectivity index (χ1) is 15.1. The molecule has 0 atom stereocenters. The second kappa shape index (κ2) is 8.62. The van der Waals surface area contributed by atoms with Crippen molar-refractivity contribution >= 4 is 17.6 Å². The largest absolute Gasteiger partial charge is 0.461 e. The van der Waals surface area contributed by atoms with Crippen molar-refractivity contribution < 1.29 is 23.2 Å². The van der Waals surface area contributed by atoms with E-state index in [0.717, 1.165) is 0 Å². The molecule has 0 unspecified atom stereocenters. The molecule has 1 amide bonds. The maximum absolute atomic E-state index is 14.5. The van der Waals surface area contributed by atoms with Crippen LogP contribution in [0.1, 0.15) is 28.0 Å². The standard InChI is InChI=1S/C22H17FN4O4/c1-2-30-22(29)17-13-19(27(26-17)18-9-4-3-8-16(18)23)14-6-5-7-15(12-14)25-21(28)20-10-11-24-31-20/h3-13H,2H2,1H3,(H,25,28). The molecule has 9 heteroatoms. The van der Waals surface area contributed by atoms with Gasteiger partial charge in [0.05, 0.1) is 18.5 Å². The van der Waals surface area contributed by atoms with Gasteiger partial charge < -0.3 is 14.6 Å². The number of amides is 1. The second-order valence-corrected chi connectivity index (χ2v) is 6.41. The molecule has 0 saturated heterocycles. The highest BCUT2D eigenvalue weighted by atomic mass is 19.1. The third-order valence-electron chi connectivity index (χ3n) is 4.35. The summed E-state index contributed by atoms with van der Waals surface area (Å²) in [7, 11) is 0. The number of anilines is 1. The van der Waals surface area contributed by atoms with Gasteiger partial charge in [0.2, 0.25) is 5.76 Å². The van der Waals surface area contributed by atoms with E-state index in [0.29, 0.717) is 16.9 Å². The summed E-state index contributed by atoms with van der Waals surface area (Å²) < 4.78 is 25.7. The van der Waals surface area contributed by atoms with Gasteiger partial charge in [-0.05, 0) is 37.3 Å². The van der Waals surface area contributed by atoms with Crippen LogP contribution in [0, 0.1) is 5.82 Å². The summed E-state index contributed by atoms with van der Waals surface area (Å²) in [6, 6.07) is 15.9. The smallest absolute Gasteiger partial charge is 0.358 e. The molecule has 0 aliphatic heterocycles. The fourth-order valence-electron chi connectivity index (χ4n) is 2.98. The Morgan fingerprint density at radius 3 is 2.71 bits per heavy atom. The minimum Gasteiger partial charge on any atom is -0.461 e. The summed E-state index contributed by atoms with van der Waals surface area (Å²) in [5.74, 6) is -1.53. The topological polar surface area (TPSA) is 99.2 Å². The molecule has 2 aromatic carbocycles. The van der Waals surface area contributed by atoms with Crippen molar-refractivity contribution in [2.75, 3.05) is 11.9 Å². The van der Waals surface area contributed by atoms with Gasteiger partial charge in [-0.15, -0.1) is 0 Å². The monoisotopic (exact) mass is 420 g/mol. The molecule has 0 saturated carbocycles. The molecule has 31 heavy (non-hydrogen) atoms. The van der Waals surface area contributed by atoms with Gasteiger partial charge >= 0.3 is 5.97 Å². The van der Waals surface area contributed by atoms with Crippen LogP contribution in [0.4, 0.5) is 10.1 Å². The average Bonchev–Trinajstić information content (AvgIpc) is 3.45. The lowest BCUT2D eigenvalue weighted by Crippen LogP contribution is -2.11. The van der Waals surface area contributed by atoms with Gasteiger partial charge in [-0.25, -0.2) is 13.9 Å². The lowest BCUT2D eigenvalue weighted by atomic mass is 10.1. The molecule has 8 nitrogen and oxygen atoms in total. The predicted octanol–water partition coefficient (Wildman–Crippen LogP) is 4.10. The van der Waals surface area contributed by atoms with E-state index >= 15 is 0 Å². The lowest BCUT2D eigenvalue weighted by molar-refractivity contribution is 0.0518. The number of nitrogens with one attached hydrogen (secondary N) is 1. The number of carbonyl (C=O) groups is 2. The van der Waals surface area contributed by atoms with Crippen molar-refractivity contribution in [3.05, 3.63) is 84.1 Å². The number of benzene rings is 2. The van der Waals surface area contributed by atoms with Crippen molar-refractivity contribution in [2.24, 2.45) is 0 Å². The number of hydrogen-bond donors (Lipinski definition) is 1. The van der Waals surface area contributed by atoms with Crippen molar-refractivity contribution in [1.82, 2.24) is 14.9 Å². The minimum atomic E-state index is -0.617. The van der Waals surface area contributed by atoms with Crippen LogP contribution in [0.3, 0.4) is 0 Å². The van der Waals surface area contributed by atoms with E-state index in [1.807, 2.05) is 0 Å². The summed E-state index contributed by atoms with van der Waals surface area (Å²) >= 11 is 0. The highest BCUT2D eigenvalue weighted by molar-refractivity contribution is 6.02. The van der Waals surface area contributed by atoms with Gasteiger partial charge in [0, 0.05) is 17.3 Å². The zero-order chi connectivity index (χ0) is 21.8. The number of ether oxygens (including phenoxy) is 1. The number of para-hydroxylation sites is 1. The third-order valence-corrected chi connectivity index (χ3v) is 4.35. The zero-order valence-corrected chi connectivity index (χ0v) is 16.4. The third kappa shape index (κ3) is 4.20. The number of aromatic nitrogens is 3. The van der Waals surface area contributed by atoms with E-state index in [1.54, 1.807) is 49.4 Å². The number of rotatable bonds is 6. The van der Waals surface area contributed by atoms with Crippen molar-refractivity contribution in [1.29, 1.82) is 0 Å². The highest BCUT2D eigenvalue weighted by Crippen LogP contribution is 2.28. The van der Waals surface area contributed by atoms with Crippen molar-refractivity contribution in [3.63, 3.8) is 0 Å². The molecule has 2 heterocycles. The van der Waals surface area contributed by atoms with Gasteiger partial charge in [0.15, 0.2) is 5.69 Å². The second-order valence-electron chi connectivity index (χ2n) is 6.41. The number of carbonyl (C=O) groups excluding carboxylic acids is 2. The molecule has 0 radical (unpaired) electrons. The molecular weight excluding hydrogens is 403 g/mol. The lowest BCUT2D eigenvalue weighted by Gasteiger charge is -2.10. The van der Waals surface area contributed by atoms with Crippen LogP contribution in [0.5, 0.6) is 0 Å². The summed E-state index contributed by atoms with van der Waals surface area (Å²) in [4.78, 5) is 24.5. The summed E-state index contributed by atoms with van der Waals surface area (Å²) in [6.07, 6.45) is 1.37. The van der Waals surface area contributed by atoms with Crippen LogP contribution >= 0.6 is 0 Å². The molecule has 2 aromatic heterocycles.